The molecule has 7 nitrogen and oxygen atoms in total. The van der Waals surface area contributed by atoms with Crippen LogP contribution in [-0.4, -0.2) is 29.1 Å². The number of hydrogen-bond acceptors (Lipinski definition) is 5. The quantitative estimate of drug-likeness (QED) is 0.639. The van der Waals surface area contributed by atoms with Crippen LogP contribution in [0.2, 0.25) is 0 Å². The molecule has 0 bridgehead atoms. The van der Waals surface area contributed by atoms with Crippen LogP contribution in [0.1, 0.15) is 33.6 Å². The van der Waals surface area contributed by atoms with E-state index in [1.165, 1.54) is 0 Å². The smallest absolute Gasteiger partial charge is 0.407 e. The Labute approximate surface area is 159 Å². The van der Waals surface area contributed by atoms with E-state index in [0.717, 1.165) is 5.69 Å². The second kappa shape index (κ2) is 9.56. The van der Waals surface area contributed by atoms with Gasteiger partial charge in [-0.05, 0) is 51.5 Å². The number of rotatable bonds is 7. The number of nitrogens with zero attached hydrogens (tertiary/aromatic N) is 1. The van der Waals surface area contributed by atoms with Crippen LogP contribution in [0.5, 0.6) is 0 Å². The summed E-state index contributed by atoms with van der Waals surface area (Å²) in [5.41, 5.74) is 1.04. The van der Waals surface area contributed by atoms with Gasteiger partial charge in [0.2, 0.25) is 5.91 Å². The van der Waals surface area contributed by atoms with E-state index in [4.69, 9.17) is 4.74 Å². The fourth-order valence-electron chi connectivity index (χ4n) is 2.19. The molecule has 0 aliphatic heterocycles. The molecule has 0 radical (unpaired) electrons. The first-order chi connectivity index (χ1) is 12.8. The SMILES string of the molecule is CC(C)(C)OC(=O)NCCCC(=O)Nc1ccc(Nc2ccccc2)nc1. The molecular weight excluding hydrogens is 344 g/mol. The fraction of sp³-hybridized carbons (Fsp3) is 0.350. The largest absolute Gasteiger partial charge is 0.444 e. The zero-order valence-corrected chi connectivity index (χ0v) is 15.9. The van der Waals surface area contributed by atoms with Crippen molar-refractivity contribution in [2.24, 2.45) is 0 Å². The van der Waals surface area contributed by atoms with Crippen LogP contribution >= 0.6 is 0 Å². The summed E-state index contributed by atoms with van der Waals surface area (Å²) in [6, 6.07) is 13.3. The number of para-hydroxylation sites is 1. The maximum atomic E-state index is 12.0. The van der Waals surface area contributed by atoms with Crippen LogP contribution in [0, 0.1) is 0 Å². The average molecular weight is 370 g/mol. The number of hydrogen-bond donors (Lipinski definition) is 3. The van der Waals surface area contributed by atoms with Gasteiger partial charge in [0.15, 0.2) is 0 Å². The number of pyridine rings is 1. The van der Waals surface area contributed by atoms with Crippen molar-refractivity contribution in [1.82, 2.24) is 10.3 Å². The Kier molecular flexibility index (Phi) is 7.16. The predicted molar refractivity (Wildman–Crippen MR) is 106 cm³/mol. The van der Waals surface area contributed by atoms with Gasteiger partial charge in [-0.2, -0.15) is 0 Å². The van der Waals surface area contributed by atoms with Gasteiger partial charge in [-0.1, -0.05) is 18.2 Å². The predicted octanol–water partition coefficient (Wildman–Crippen LogP) is 4.07. The number of benzene rings is 1. The van der Waals surface area contributed by atoms with Gasteiger partial charge >= 0.3 is 6.09 Å². The molecule has 0 unspecified atom stereocenters. The minimum absolute atomic E-state index is 0.133. The van der Waals surface area contributed by atoms with Gasteiger partial charge in [-0.15, -0.1) is 0 Å². The lowest BCUT2D eigenvalue weighted by molar-refractivity contribution is -0.116. The van der Waals surface area contributed by atoms with Crippen LogP contribution in [0.25, 0.3) is 0 Å². The van der Waals surface area contributed by atoms with E-state index < -0.39 is 11.7 Å². The van der Waals surface area contributed by atoms with Gasteiger partial charge in [0.05, 0.1) is 11.9 Å². The highest BCUT2D eigenvalue weighted by atomic mass is 16.6. The third kappa shape index (κ3) is 8.22. The first-order valence-corrected chi connectivity index (χ1v) is 8.87. The molecule has 0 atom stereocenters. The monoisotopic (exact) mass is 370 g/mol. The number of ether oxygens (including phenoxy) is 1. The van der Waals surface area contributed by atoms with Crippen LogP contribution in [-0.2, 0) is 9.53 Å². The molecule has 0 saturated heterocycles. The van der Waals surface area contributed by atoms with Crippen molar-refractivity contribution in [1.29, 1.82) is 0 Å². The topological polar surface area (TPSA) is 92.3 Å². The first kappa shape index (κ1) is 20.2. The van der Waals surface area contributed by atoms with Crippen molar-refractivity contribution in [3.8, 4) is 0 Å². The van der Waals surface area contributed by atoms with E-state index in [2.05, 4.69) is 20.9 Å². The Morgan fingerprint density at radius 3 is 2.41 bits per heavy atom. The van der Waals surface area contributed by atoms with Crippen LogP contribution < -0.4 is 16.0 Å². The summed E-state index contributed by atoms with van der Waals surface area (Å²) in [4.78, 5) is 27.8. The number of anilines is 3. The average Bonchev–Trinajstić information content (AvgIpc) is 2.60. The van der Waals surface area contributed by atoms with Gasteiger partial charge in [0.1, 0.15) is 11.4 Å². The highest BCUT2D eigenvalue weighted by Crippen LogP contribution is 2.15. The van der Waals surface area contributed by atoms with Gasteiger partial charge in [-0.25, -0.2) is 9.78 Å². The molecule has 3 N–H and O–H groups in total. The van der Waals surface area contributed by atoms with Gasteiger partial charge in [0.25, 0.3) is 0 Å². The number of aromatic nitrogens is 1. The molecule has 7 heteroatoms. The lowest BCUT2D eigenvalue weighted by atomic mass is 10.2. The molecule has 0 aliphatic rings. The molecule has 0 fully saturated rings. The highest BCUT2D eigenvalue weighted by molar-refractivity contribution is 5.90. The summed E-state index contributed by atoms with van der Waals surface area (Å²) in [6.45, 7) is 5.78. The van der Waals surface area contributed by atoms with E-state index in [0.29, 0.717) is 30.9 Å². The van der Waals surface area contributed by atoms with Crippen molar-refractivity contribution in [2.45, 2.75) is 39.2 Å². The number of carbonyl (C=O) groups is 2. The maximum Gasteiger partial charge on any atom is 0.407 e. The first-order valence-electron chi connectivity index (χ1n) is 8.87. The Hall–Kier alpha value is -3.09. The molecule has 2 aromatic rings. The standard InChI is InChI=1S/C20H26N4O3/c1-20(2,3)27-19(26)21-13-7-10-18(25)24-16-11-12-17(22-14-16)23-15-8-5-4-6-9-15/h4-6,8-9,11-12,14H,7,10,13H2,1-3H3,(H,21,26)(H,22,23)(H,24,25). The normalized spacial score (nSPS) is 10.8. The van der Waals surface area contributed by atoms with Gasteiger partial charge in [-0.3, -0.25) is 4.79 Å². The van der Waals surface area contributed by atoms with Crippen LogP contribution in [0.4, 0.5) is 22.0 Å². The minimum Gasteiger partial charge on any atom is -0.444 e. The molecule has 2 rings (SSSR count). The molecule has 1 aromatic carbocycles. The Balaban J connectivity index is 1.69. The number of alkyl carbamates (subject to hydrolysis) is 1. The van der Waals surface area contributed by atoms with E-state index >= 15 is 0 Å². The zero-order chi connectivity index (χ0) is 19.7. The maximum absolute atomic E-state index is 12.0. The summed E-state index contributed by atoms with van der Waals surface area (Å²) < 4.78 is 5.13. The summed E-state index contributed by atoms with van der Waals surface area (Å²) in [7, 11) is 0. The van der Waals surface area contributed by atoms with Crippen molar-refractivity contribution in [3.63, 3.8) is 0 Å². The molecule has 2 amide bonds. The summed E-state index contributed by atoms with van der Waals surface area (Å²) in [5.74, 6) is 0.562. The molecule has 0 aliphatic carbocycles. The molecule has 0 spiro atoms. The highest BCUT2D eigenvalue weighted by Gasteiger charge is 2.15. The Bertz CT molecular complexity index is 740. The molecule has 0 saturated carbocycles. The van der Waals surface area contributed by atoms with Crippen molar-refractivity contribution < 1.29 is 14.3 Å². The minimum atomic E-state index is -0.532. The lowest BCUT2D eigenvalue weighted by Gasteiger charge is -2.19. The second-order valence-electron chi connectivity index (χ2n) is 7.00. The second-order valence-corrected chi connectivity index (χ2v) is 7.00. The summed E-state index contributed by atoms with van der Waals surface area (Å²) in [5, 5.41) is 8.59. The van der Waals surface area contributed by atoms with E-state index in [1.54, 1.807) is 39.1 Å². The van der Waals surface area contributed by atoms with Crippen molar-refractivity contribution in [2.75, 3.05) is 17.2 Å². The lowest BCUT2D eigenvalue weighted by Crippen LogP contribution is -2.33. The third-order valence-corrected chi connectivity index (χ3v) is 3.34. The van der Waals surface area contributed by atoms with Crippen molar-refractivity contribution in [3.05, 3.63) is 48.7 Å². The number of amides is 2. The molecule has 1 aromatic heterocycles. The molecular formula is C20H26N4O3. The molecule has 1 heterocycles. The van der Waals surface area contributed by atoms with E-state index in [-0.39, 0.29) is 5.91 Å². The molecule has 144 valence electrons. The number of nitrogens with one attached hydrogen (secondary N) is 3. The summed E-state index contributed by atoms with van der Waals surface area (Å²) >= 11 is 0. The van der Waals surface area contributed by atoms with Crippen LogP contribution in [0.3, 0.4) is 0 Å². The van der Waals surface area contributed by atoms with E-state index in [9.17, 15) is 9.59 Å². The zero-order valence-electron chi connectivity index (χ0n) is 15.9. The van der Waals surface area contributed by atoms with Crippen molar-refractivity contribution >= 4 is 29.2 Å². The van der Waals surface area contributed by atoms with E-state index in [1.807, 2.05) is 30.3 Å². The van der Waals surface area contributed by atoms with Crippen LogP contribution in [0.15, 0.2) is 48.7 Å². The Morgan fingerprint density at radius 1 is 1.04 bits per heavy atom. The van der Waals surface area contributed by atoms with Gasteiger partial charge in [0, 0.05) is 18.7 Å². The fourth-order valence-corrected chi connectivity index (χ4v) is 2.19. The summed E-state index contributed by atoms with van der Waals surface area (Å²) in [6.07, 6.45) is 1.93. The number of carbonyl (C=O) groups excluding carboxylic acids is 2. The Morgan fingerprint density at radius 2 is 1.78 bits per heavy atom. The third-order valence-electron chi connectivity index (χ3n) is 3.34. The van der Waals surface area contributed by atoms with Gasteiger partial charge < -0.3 is 20.7 Å². The molecule has 27 heavy (non-hydrogen) atoms.